The zero-order valence-electron chi connectivity index (χ0n) is 10.7. The lowest BCUT2D eigenvalue weighted by Crippen LogP contribution is -2.28. The summed E-state index contributed by atoms with van der Waals surface area (Å²) in [6, 6.07) is 0. The van der Waals surface area contributed by atoms with E-state index in [1.165, 1.54) is 7.11 Å². The standard InChI is InChI=1S/C13H21NO3/c1-13(8-5-3-4-6-11(13)15)10-14-9-7-12(16)17-2/h10H,3-9H2,1-2H3. The summed E-state index contributed by atoms with van der Waals surface area (Å²) in [7, 11) is 1.36. The van der Waals surface area contributed by atoms with E-state index in [1.54, 1.807) is 6.21 Å². The van der Waals surface area contributed by atoms with Gasteiger partial charge in [0.05, 0.1) is 18.9 Å². The largest absolute Gasteiger partial charge is 0.469 e. The zero-order chi connectivity index (χ0) is 12.7. The number of aliphatic imine (C=N–C) groups is 1. The molecular formula is C13H21NO3. The molecule has 0 N–H and O–H groups in total. The highest BCUT2D eigenvalue weighted by Gasteiger charge is 2.31. The molecule has 1 rings (SSSR count). The number of methoxy groups -OCH3 is 1. The molecule has 1 unspecified atom stereocenters. The molecule has 0 radical (unpaired) electrons. The fourth-order valence-corrected chi connectivity index (χ4v) is 2.04. The van der Waals surface area contributed by atoms with Crippen LogP contribution in [-0.2, 0) is 14.3 Å². The minimum atomic E-state index is -0.424. The average molecular weight is 239 g/mol. The van der Waals surface area contributed by atoms with Gasteiger partial charge in [0.1, 0.15) is 5.78 Å². The summed E-state index contributed by atoms with van der Waals surface area (Å²) in [6.07, 6.45) is 6.72. The minimum Gasteiger partial charge on any atom is -0.469 e. The molecule has 96 valence electrons. The minimum absolute atomic E-state index is 0.264. The van der Waals surface area contributed by atoms with Crippen molar-refractivity contribution in [2.75, 3.05) is 13.7 Å². The summed E-state index contributed by atoms with van der Waals surface area (Å²) in [6.45, 7) is 2.35. The second-order valence-electron chi connectivity index (χ2n) is 4.76. The fraction of sp³-hybridized carbons (Fsp3) is 0.769. The predicted molar refractivity (Wildman–Crippen MR) is 66.2 cm³/mol. The SMILES string of the molecule is COC(=O)CCN=CC1(C)CCCCCC1=O. The van der Waals surface area contributed by atoms with Crippen LogP contribution in [0.2, 0.25) is 0 Å². The van der Waals surface area contributed by atoms with Crippen LogP contribution in [0, 0.1) is 5.41 Å². The second kappa shape index (κ2) is 6.52. The Morgan fingerprint density at radius 3 is 2.94 bits per heavy atom. The third kappa shape index (κ3) is 4.29. The molecular weight excluding hydrogens is 218 g/mol. The first-order valence-electron chi connectivity index (χ1n) is 6.19. The fourth-order valence-electron chi connectivity index (χ4n) is 2.04. The van der Waals surface area contributed by atoms with Crippen LogP contribution in [0.5, 0.6) is 0 Å². The quantitative estimate of drug-likeness (QED) is 0.429. The molecule has 1 fully saturated rings. The zero-order valence-corrected chi connectivity index (χ0v) is 10.7. The molecule has 0 aliphatic heterocycles. The highest BCUT2D eigenvalue weighted by atomic mass is 16.5. The van der Waals surface area contributed by atoms with Crippen molar-refractivity contribution >= 4 is 18.0 Å². The summed E-state index contributed by atoms with van der Waals surface area (Å²) in [5, 5.41) is 0. The van der Waals surface area contributed by atoms with Gasteiger partial charge in [-0.05, 0) is 19.8 Å². The van der Waals surface area contributed by atoms with Gasteiger partial charge in [0.25, 0.3) is 0 Å². The molecule has 0 amide bonds. The molecule has 1 saturated carbocycles. The van der Waals surface area contributed by atoms with Crippen molar-refractivity contribution in [3.05, 3.63) is 0 Å². The monoisotopic (exact) mass is 239 g/mol. The molecule has 17 heavy (non-hydrogen) atoms. The molecule has 0 aromatic carbocycles. The van der Waals surface area contributed by atoms with Gasteiger partial charge in [-0.3, -0.25) is 14.6 Å². The molecule has 0 spiro atoms. The number of hydrogen-bond acceptors (Lipinski definition) is 4. The number of ketones is 1. The van der Waals surface area contributed by atoms with Crippen molar-refractivity contribution in [2.45, 2.75) is 45.4 Å². The van der Waals surface area contributed by atoms with Crippen molar-refractivity contribution in [1.82, 2.24) is 0 Å². The summed E-state index contributed by atoms with van der Waals surface area (Å²) in [5.41, 5.74) is -0.424. The highest BCUT2D eigenvalue weighted by molar-refractivity contribution is 5.99. The molecule has 1 aliphatic carbocycles. The van der Waals surface area contributed by atoms with Crippen molar-refractivity contribution in [3.63, 3.8) is 0 Å². The highest BCUT2D eigenvalue weighted by Crippen LogP contribution is 2.29. The smallest absolute Gasteiger partial charge is 0.307 e. The summed E-state index contributed by atoms with van der Waals surface area (Å²) in [4.78, 5) is 27.0. The number of Topliss-reactive ketones (excluding diaryl/α,β-unsaturated/α-hetero) is 1. The number of ether oxygens (including phenoxy) is 1. The van der Waals surface area contributed by atoms with Crippen molar-refractivity contribution in [1.29, 1.82) is 0 Å². The van der Waals surface area contributed by atoms with Gasteiger partial charge in [0, 0.05) is 19.2 Å². The first-order valence-corrected chi connectivity index (χ1v) is 6.19. The van der Waals surface area contributed by atoms with Crippen LogP contribution in [0.15, 0.2) is 4.99 Å². The third-order valence-corrected chi connectivity index (χ3v) is 3.29. The Labute approximate surface area is 102 Å². The number of hydrogen-bond donors (Lipinski definition) is 0. The van der Waals surface area contributed by atoms with E-state index >= 15 is 0 Å². The predicted octanol–water partition coefficient (Wildman–Crippen LogP) is 2.16. The van der Waals surface area contributed by atoms with Crippen LogP contribution in [-0.4, -0.2) is 31.6 Å². The van der Waals surface area contributed by atoms with Gasteiger partial charge in [-0.1, -0.05) is 12.8 Å². The van der Waals surface area contributed by atoms with E-state index in [-0.39, 0.29) is 18.2 Å². The second-order valence-corrected chi connectivity index (χ2v) is 4.76. The summed E-state index contributed by atoms with van der Waals surface area (Å²) in [5.74, 6) is 0.0105. The molecule has 0 aromatic heterocycles. The Kier molecular flexibility index (Phi) is 5.32. The molecule has 4 nitrogen and oxygen atoms in total. The van der Waals surface area contributed by atoms with Gasteiger partial charge in [-0.25, -0.2) is 0 Å². The van der Waals surface area contributed by atoms with Crippen molar-refractivity contribution < 1.29 is 14.3 Å². The number of esters is 1. The van der Waals surface area contributed by atoms with Gasteiger partial charge in [0.15, 0.2) is 0 Å². The van der Waals surface area contributed by atoms with E-state index in [1.807, 2.05) is 6.92 Å². The first-order chi connectivity index (χ1) is 8.08. The Morgan fingerprint density at radius 2 is 2.24 bits per heavy atom. The Bertz CT molecular complexity index is 312. The van der Waals surface area contributed by atoms with E-state index in [2.05, 4.69) is 9.73 Å². The van der Waals surface area contributed by atoms with Crippen LogP contribution in [0.4, 0.5) is 0 Å². The van der Waals surface area contributed by atoms with E-state index in [4.69, 9.17) is 0 Å². The van der Waals surface area contributed by atoms with Gasteiger partial charge in [0.2, 0.25) is 0 Å². The number of carbonyl (C=O) groups is 2. The topological polar surface area (TPSA) is 55.7 Å². The van der Waals surface area contributed by atoms with Crippen molar-refractivity contribution in [3.8, 4) is 0 Å². The summed E-state index contributed by atoms with van der Waals surface area (Å²) >= 11 is 0. The molecule has 0 aromatic rings. The normalized spacial score (nSPS) is 25.9. The Morgan fingerprint density at radius 1 is 1.47 bits per heavy atom. The van der Waals surface area contributed by atoms with Crippen LogP contribution in [0.1, 0.15) is 45.4 Å². The van der Waals surface area contributed by atoms with E-state index in [0.29, 0.717) is 13.0 Å². The lowest BCUT2D eigenvalue weighted by atomic mass is 9.83. The number of rotatable bonds is 4. The lowest BCUT2D eigenvalue weighted by Gasteiger charge is -2.20. The van der Waals surface area contributed by atoms with Gasteiger partial charge in [-0.2, -0.15) is 0 Å². The van der Waals surface area contributed by atoms with Crippen LogP contribution in [0.3, 0.4) is 0 Å². The first kappa shape index (κ1) is 13.9. The van der Waals surface area contributed by atoms with E-state index < -0.39 is 5.41 Å². The molecule has 1 atom stereocenters. The van der Waals surface area contributed by atoms with E-state index in [9.17, 15) is 9.59 Å². The van der Waals surface area contributed by atoms with Gasteiger partial charge >= 0.3 is 5.97 Å². The molecule has 1 aliphatic rings. The lowest BCUT2D eigenvalue weighted by molar-refractivity contribution is -0.140. The van der Waals surface area contributed by atoms with Crippen LogP contribution < -0.4 is 0 Å². The third-order valence-electron chi connectivity index (χ3n) is 3.29. The Hall–Kier alpha value is -1.19. The Balaban J connectivity index is 2.48. The maximum absolute atomic E-state index is 11.9. The molecule has 0 bridgehead atoms. The van der Waals surface area contributed by atoms with Crippen LogP contribution in [0.25, 0.3) is 0 Å². The molecule has 0 heterocycles. The number of nitrogens with zero attached hydrogens (tertiary/aromatic N) is 1. The molecule has 4 heteroatoms. The number of carbonyl (C=O) groups excluding carboxylic acids is 2. The average Bonchev–Trinajstić information content (AvgIpc) is 2.48. The van der Waals surface area contributed by atoms with Gasteiger partial charge in [-0.15, -0.1) is 0 Å². The molecule has 0 saturated heterocycles. The maximum Gasteiger partial charge on any atom is 0.307 e. The van der Waals surface area contributed by atoms with Crippen LogP contribution >= 0.6 is 0 Å². The maximum atomic E-state index is 11.9. The van der Waals surface area contributed by atoms with E-state index in [0.717, 1.165) is 25.7 Å². The van der Waals surface area contributed by atoms with Gasteiger partial charge < -0.3 is 4.74 Å². The summed E-state index contributed by atoms with van der Waals surface area (Å²) < 4.78 is 4.53. The van der Waals surface area contributed by atoms with Crippen molar-refractivity contribution in [2.24, 2.45) is 10.4 Å².